The number of benzene rings is 1. The number of hydrogen-bond donors (Lipinski definition) is 0. The Morgan fingerprint density at radius 3 is 2.74 bits per heavy atom. The maximum absolute atomic E-state index is 11.8. The Balaban J connectivity index is 1.98. The van der Waals surface area contributed by atoms with E-state index in [1.165, 1.54) is 0 Å². The summed E-state index contributed by atoms with van der Waals surface area (Å²) in [5, 5.41) is 0.957. The minimum atomic E-state index is -2.94. The van der Waals surface area contributed by atoms with Gasteiger partial charge in [-0.05, 0) is 17.9 Å². The third-order valence-electron chi connectivity index (χ3n) is 3.42. The van der Waals surface area contributed by atoms with Gasteiger partial charge in [-0.2, -0.15) is 0 Å². The molecule has 6 heteroatoms. The van der Waals surface area contributed by atoms with Crippen molar-refractivity contribution in [3.8, 4) is 0 Å². The summed E-state index contributed by atoms with van der Waals surface area (Å²) >= 11 is 1.68. The molecule has 2 heterocycles. The molecular formula is C13H16N2O2S2. The number of thioether (sulfide) groups is 1. The Bertz CT molecular complexity index is 598. The topological polar surface area (TPSA) is 49.7 Å². The molecule has 1 fully saturated rings. The molecule has 0 radical (unpaired) electrons. The van der Waals surface area contributed by atoms with E-state index in [-0.39, 0.29) is 23.6 Å². The van der Waals surface area contributed by atoms with Crippen molar-refractivity contribution in [2.45, 2.75) is 19.0 Å². The van der Waals surface area contributed by atoms with Gasteiger partial charge in [0, 0.05) is 5.69 Å². The van der Waals surface area contributed by atoms with Crippen molar-refractivity contribution in [1.29, 1.82) is 0 Å². The fourth-order valence-corrected chi connectivity index (χ4v) is 5.35. The minimum absolute atomic E-state index is 0.0264. The first-order valence-corrected chi connectivity index (χ1v) is 9.17. The van der Waals surface area contributed by atoms with Crippen molar-refractivity contribution in [2.24, 2.45) is 4.99 Å². The summed E-state index contributed by atoms with van der Waals surface area (Å²) in [4.78, 5) is 6.72. The van der Waals surface area contributed by atoms with E-state index in [1.54, 1.807) is 11.8 Å². The highest BCUT2D eigenvalue weighted by atomic mass is 32.2. The summed E-state index contributed by atoms with van der Waals surface area (Å²) in [7, 11) is -2.94. The van der Waals surface area contributed by atoms with Crippen molar-refractivity contribution in [1.82, 2.24) is 0 Å². The molecule has 0 N–H and O–H groups in total. The maximum atomic E-state index is 11.8. The van der Waals surface area contributed by atoms with Crippen LogP contribution in [0, 0.1) is 0 Å². The van der Waals surface area contributed by atoms with Gasteiger partial charge in [0.15, 0.2) is 15.0 Å². The lowest BCUT2D eigenvalue weighted by atomic mass is 10.1. The lowest BCUT2D eigenvalue weighted by molar-refractivity contribution is 0.601. The lowest BCUT2D eigenvalue weighted by Crippen LogP contribution is -2.39. The van der Waals surface area contributed by atoms with Crippen LogP contribution in [-0.2, 0) is 9.84 Å². The van der Waals surface area contributed by atoms with E-state index in [2.05, 4.69) is 16.8 Å². The molecule has 0 aromatic heterocycles. The number of para-hydroxylation sites is 1. The van der Waals surface area contributed by atoms with Gasteiger partial charge < -0.3 is 4.90 Å². The molecule has 2 aliphatic rings. The zero-order valence-electron chi connectivity index (χ0n) is 10.7. The minimum Gasteiger partial charge on any atom is -0.315 e. The predicted molar refractivity (Wildman–Crippen MR) is 80.7 cm³/mol. The summed E-state index contributed by atoms with van der Waals surface area (Å²) in [6.07, 6.45) is 0. The van der Waals surface area contributed by atoms with Crippen LogP contribution in [0.15, 0.2) is 35.3 Å². The van der Waals surface area contributed by atoms with E-state index in [1.807, 2.05) is 30.3 Å². The normalized spacial score (nSPS) is 28.3. The van der Waals surface area contributed by atoms with Crippen LogP contribution in [-0.4, -0.2) is 42.9 Å². The van der Waals surface area contributed by atoms with Gasteiger partial charge in [0.25, 0.3) is 0 Å². The zero-order valence-corrected chi connectivity index (χ0v) is 12.3. The molecule has 0 spiro atoms. The highest BCUT2D eigenvalue weighted by Crippen LogP contribution is 2.34. The van der Waals surface area contributed by atoms with E-state index in [9.17, 15) is 8.42 Å². The van der Waals surface area contributed by atoms with E-state index in [0.29, 0.717) is 0 Å². The predicted octanol–water partition coefficient (Wildman–Crippen LogP) is 1.78. The van der Waals surface area contributed by atoms with Crippen molar-refractivity contribution in [3.63, 3.8) is 0 Å². The molecule has 1 saturated heterocycles. The van der Waals surface area contributed by atoms with E-state index >= 15 is 0 Å². The Kier molecular flexibility index (Phi) is 3.30. The van der Waals surface area contributed by atoms with Gasteiger partial charge in [0.05, 0.1) is 23.6 Å². The van der Waals surface area contributed by atoms with Crippen LogP contribution in [0.3, 0.4) is 0 Å². The summed E-state index contributed by atoms with van der Waals surface area (Å²) in [6.45, 7) is 2.08. The van der Waals surface area contributed by atoms with Crippen LogP contribution >= 0.6 is 11.8 Å². The number of sulfone groups is 1. The Morgan fingerprint density at radius 2 is 2.05 bits per heavy atom. The van der Waals surface area contributed by atoms with Crippen molar-refractivity contribution >= 4 is 32.5 Å². The van der Waals surface area contributed by atoms with Crippen molar-refractivity contribution < 1.29 is 8.42 Å². The fourth-order valence-electron chi connectivity index (χ4n) is 2.65. The van der Waals surface area contributed by atoms with Crippen LogP contribution < -0.4 is 4.90 Å². The number of fused-ring (bicyclic) bond motifs is 1. The molecule has 19 heavy (non-hydrogen) atoms. The quantitative estimate of drug-likeness (QED) is 0.835. The molecule has 0 aliphatic carbocycles. The first-order chi connectivity index (χ1) is 9.11. The molecular weight excluding hydrogens is 280 g/mol. The average molecular weight is 296 g/mol. The molecule has 0 saturated carbocycles. The van der Waals surface area contributed by atoms with Gasteiger partial charge >= 0.3 is 0 Å². The highest BCUT2D eigenvalue weighted by molar-refractivity contribution is 8.14. The van der Waals surface area contributed by atoms with Gasteiger partial charge in [0.2, 0.25) is 0 Å². The molecule has 2 aliphatic heterocycles. The Labute approximate surface area is 117 Å². The van der Waals surface area contributed by atoms with E-state index in [0.717, 1.165) is 16.6 Å². The first kappa shape index (κ1) is 13.0. The SMILES string of the molecule is CCSC1=N[C@H]2CS(=O)(=O)C[C@@H]2N1c1ccccc1. The molecule has 3 rings (SSSR count). The number of hydrogen-bond acceptors (Lipinski definition) is 5. The number of rotatable bonds is 2. The molecule has 1 aromatic carbocycles. The second-order valence-corrected chi connectivity index (χ2v) is 8.15. The van der Waals surface area contributed by atoms with Gasteiger partial charge in [-0.15, -0.1) is 0 Å². The monoisotopic (exact) mass is 296 g/mol. The van der Waals surface area contributed by atoms with Crippen molar-refractivity contribution in [3.05, 3.63) is 30.3 Å². The Morgan fingerprint density at radius 1 is 1.32 bits per heavy atom. The van der Waals surface area contributed by atoms with Gasteiger partial charge in [0.1, 0.15) is 0 Å². The third kappa shape index (κ3) is 2.39. The number of amidine groups is 1. The first-order valence-electron chi connectivity index (χ1n) is 6.36. The maximum Gasteiger partial charge on any atom is 0.164 e. The number of nitrogens with zero attached hydrogens (tertiary/aromatic N) is 2. The van der Waals surface area contributed by atoms with Gasteiger partial charge in [-0.1, -0.05) is 36.9 Å². The van der Waals surface area contributed by atoms with Gasteiger partial charge in [-0.25, -0.2) is 8.42 Å². The average Bonchev–Trinajstić information content (AvgIpc) is 2.82. The molecule has 4 nitrogen and oxygen atoms in total. The van der Waals surface area contributed by atoms with Crippen LogP contribution in [0.5, 0.6) is 0 Å². The Hall–Kier alpha value is -1.01. The molecule has 0 amide bonds. The number of aliphatic imine (C=N–C) groups is 1. The second kappa shape index (κ2) is 4.83. The molecule has 1 aromatic rings. The fraction of sp³-hybridized carbons (Fsp3) is 0.462. The molecule has 2 atom stereocenters. The van der Waals surface area contributed by atoms with Crippen LogP contribution in [0.2, 0.25) is 0 Å². The van der Waals surface area contributed by atoms with Gasteiger partial charge in [-0.3, -0.25) is 4.99 Å². The van der Waals surface area contributed by atoms with Crippen molar-refractivity contribution in [2.75, 3.05) is 22.2 Å². The lowest BCUT2D eigenvalue weighted by Gasteiger charge is -2.26. The smallest absolute Gasteiger partial charge is 0.164 e. The summed E-state index contributed by atoms with van der Waals surface area (Å²) in [5.41, 5.74) is 1.03. The molecule has 0 unspecified atom stereocenters. The van der Waals surface area contributed by atoms with Crippen LogP contribution in [0.25, 0.3) is 0 Å². The molecule has 102 valence electrons. The van der Waals surface area contributed by atoms with E-state index in [4.69, 9.17) is 0 Å². The third-order valence-corrected chi connectivity index (χ3v) is 5.96. The standard InChI is InChI=1S/C13H16N2O2S2/c1-2-18-13-14-11-8-19(16,17)9-12(11)15(13)10-6-4-3-5-7-10/h3-7,11-12H,2,8-9H2,1H3/t11-,12-/m0/s1. The molecule has 0 bridgehead atoms. The summed E-state index contributed by atoms with van der Waals surface area (Å²) < 4.78 is 23.6. The second-order valence-electron chi connectivity index (χ2n) is 4.76. The van der Waals surface area contributed by atoms with Crippen LogP contribution in [0.4, 0.5) is 5.69 Å². The summed E-state index contributed by atoms with van der Waals surface area (Å²) in [6, 6.07) is 9.81. The summed E-state index contributed by atoms with van der Waals surface area (Å²) in [5.74, 6) is 1.34. The highest BCUT2D eigenvalue weighted by Gasteiger charge is 2.46. The van der Waals surface area contributed by atoms with Crippen LogP contribution in [0.1, 0.15) is 6.92 Å². The number of anilines is 1. The largest absolute Gasteiger partial charge is 0.315 e. The van der Waals surface area contributed by atoms with E-state index < -0.39 is 9.84 Å². The zero-order chi connectivity index (χ0) is 13.5.